The van der Waals surface area contributed by atoms with Crippen molar-refractivity contribution in [1.82, 2.24) is 0 Å². The van der Waals surface area contributed by atoms with Crippen LogP contribution in [0.2, 0.25) is 0 Å². The maximum Gasteiger partial charge on any atom is 0.320 e. The number of aliphatic carboxylic acids is 1. The van der Waals surface area contributed by atoms with Crippen LogP contribution >= 0.6 is 11.8 Å². The molecular weight excluding hydrogens is 258 g/mol. The molecule has 0 amide bonds. The zero-order valence-corrected chi connectivity index (χ0v) is 12.7. The zero-order chi connectivity index (χ0) is 14.6. The number of thioether (sulfide) groups is 1. The lowest BCUT2D eigenvalue weighted by atomic mass is 9.81. The first-order valence-electron chi connectivity index (χ1n) is 6.15. The molecule has 0 aromatic heterocycles. The third-order valence-electron chi connectivity index (χ3n) is 3.24. The lowest BCUT2D eigenvalue weighted by molar-refractivity contribution is -0.142. The molecule has 0 bridgehead atoms. The van der Waals surface area contributed by atoms with Gasteiger partial charge in [-0.3, -0.25) is 4.79 Å². The average molecular weight is 282 g/mol. The molecule has 0 radical (unpaired) electrons. The van der Waals surface area contributed by atoms with E-state index in [2.05, 4.69) is 0 Å². The van der Waals surface area contributed by atoms with Crippen LogP contribution in [-0.4, -0.2) is 27.5 Å². The molecule has 0 spiro atoms. The molecule has 0 aromatic carbocycles. The highest BCUT2D eigenvalue weighted by molar-refractivity contribution is 8.01. The molecule has 0 fully saturated rings. The minimum absolute atomic E-state index is 0.132. The van der Waals surface area contributed by atoms with Crippen LogP contribution in [0.5, 0.6) is 0 Å². The molecule has 1 N–H and O–H groups in total. The van der Waals surface area contributed by atoms with Crippen molar-refractivity contribution < 1.29 is 18.7 Å². The van der Waals surface area contributed by atoms with Crippen molar-refractivity contribution >= 4 is 17.7 Å². The van der Waals surface area contributed by atoms with Crippen molar-refractivity contribution in [2.75, 3.05) is 5.75 Å². The van der Waals surface area contributed by atoms with E-state index < -0.39 is 16.6 Å². The van der Waals surface area contributed by atoms with E-state index in [4.69, 9.17) is 0 Å². The fraction of sp³-hybridized carbons (Fsp3) is 0.923. The van der Waals surface area contributed by atoms with E-state index in [-0.39, 0.29) is 11.8 Å². The van der Waals surface area contributed by atoms with E-state index in [9.17, 15) is 18.7 Å². The molecule has 5 heteroatoms. The smallest absolute Gasteiger partial charge is 0.320 e. The van der Waals surface area contributed by atoms with E-state index in [0.29, 0.717) is 18.6 Å². The standard InChI is InChI=1S/C13H24F2O2S/c1-11(2,3)13(5,10(16)17)18-9-7-6-8-12(4,14)15/h6-9H2,1-5H3,(H,16,17). The van der Waals surface area contributed by atoms with Gasteiger partial charge in [-0.15, -0.1) is 11.8 Å². The molecule has 0 rings (SSSR count). The Morgan fingerprint density at radius 1 is 1.11 bits per heavy atom. The quantitative estimate of drug-likeness (QED) is 0.702. The number of hydrogen-bond donors (Lipinski definition) is 1. The van der Waals surface area contributed by atoms with Crippen LogP contribution in [-0.2, 0) is 4.79 Å². The topological polar surface area (TPSA) is 37.3 Å². The molecule has 0 aliphatic heterocycles. The van der Waals surface area contributed by atoms with Gasteiger partial charge in [-0.25, -0.2) is 8.78 Å². The molecule has 1 atom stereocenters. The summed E-state index contributed by atoms with van der Waals surface area (Å²) in [7, 11) is 0. The number of unbranched alkanes of at least 4 members (excludes halogenated alkanes) is 1. The van der Waals surface area contributed by atoms with Gasteiger partial charge in [0, 0.05) is 6.42 Å². The van der Waals surface area contributed by atoms with Crippen LogP contribution in [0.25, 0.3) is 0 Å². The van der Waals surface area contributed by atoms with Gasteiger partial charge in [0.1, 0.15) is 4.75 Å². The van der Waals surface area contributed by atoms with Crippen molar-refractivity contribution in [3.8, 4) is 0 Å². The average Bonchev–Trinajstić information content (AvgIpc) is 2.12. The third-order valence-corrected chi connectivity index (χ3v) is 5.10. The van der Waals surface area contributed by atoms with Crippen molar-refractivity contribution in [3.05, 3.63) is 0 Å². The summed E-state index contributed by atoms with van der Waals surface area (Å²) in [6.45, 7) is 8.27. The van der Waals surface area contributed by atoms with E-state index in [1.807, 2.05) is 20.8 Å². The Morgan fingerprint density at radius 3 is 1.94 bits per heavy atom. The van der Waals surface area contributed by atoms with Crippen LogP contribution in [0.15, 0.2) is 0 Å². The summed E-state index contributed by atoms with van der Waals surface area (Å²) in [4.78, 5) is 11.4. The van der Waals surface area contributed by atoms with E-state index >= 15 is 0 Å². The molecule has 0 aliphatic carbocycles. The van der Waals surface area contributed by atoms with E-state index in [1.54, 1.807) is 6.92 Å². The molecule has 0 heterocycles. The first-order chi connectivity index (χ1) is 7.90. The van der Waals surface area contributed by atoms with Crippen LogP contribution in [0, 0.1) is 5.41 Å². The number of halogens is 2. The highest BCUT2D eigenvalue weighted by Crippen LogP contribution is 2.42. The lowest BCUT2D eigenvalue weighted by Crippen LogP contribution is -2.44. The minimum atomic E-state index is -2.62. The Morgan fingerprint density at radius 2 is 1.61 bits per heavy atom. The number of carboxylic acid groups (broad SMARTS) is 1. The maximum absolute atomic E-state index is 12.6. The predicted molar refractivity (Wildman–Crippen MR) is 72.4 cm³/mol. The first-order valence-corrected chi connectivity index (χ1v) is 7.14. The van der Waals surface area contributed by atoms with E-state index in [1.165, 1.54) is 11.8 Å². The summed E-state index contributed by atoms with van der Waals surface area (Å²) in [5.41, 5.74) is -0.377. The maximum atomic E-state index is 12.6. The van der Waals surface area contributed by atoms with Crippen molar-refractivity contribution in [3.63, 3.8) is 0 Å². The fourth-order valence-electron chi connectivity index (χ4n) is 1.41. The Hall–Kier alpha value is -0.320. The zero-order valence-electron chi connectivity index (χ0n) is 11.8. The number of carboxylic acids is 1. The van der Waals surface area contributed by atoms with E-state index in [0.717, 1.165) is 6.92 Å². The number of carbonyl (C=O) groups is 1. The van der Waals surface area contributed by atoms with Gasteiger partial charge in [0.15, 0.2) is 0 Å². The highest BCUT2D eigenvalue weighted by Gasteiger charge is 2.44. The van der Waals surface area contributed by atoms with Crippen LogP contribution in [0.3, 0.4) is 0 Å². The van der Waals surface area contributed by atoms with Crippen LogP contribution in [0.1, 0.15) is 53.9 Å². The minimum Gasteiger partial charge on any atom is -0.480 e. The van der Waals surface area contributed by atoms with Gasteiger partial charge in [-0.2, -0.15) is 0 Å². The Kier molecular flexibility index (Phi) is 6.11. The predicted octanol–water partition coefficient (Wildman–Crippen LogP) is 4.43. The summed E-state index contributed by atoms with van der Waals surface area (Å²) >= 11 is 1.35. The second kappa shape index (κ2) is 6.22. The van der Waals surface area contributed by atoms with Crippen molar-refractivity contribution in [2.24, 2.45) is 5.41 Å². The Balaban J connectivity index is 4.21. The van der Waals surface area contributed by atoms with Crippen LogP contribution < -0.4 is 0 Å². The van der Waals surface area contributed by atoms with Gasteiger partial charge < -0.3 is 5.11 Å². The highest BCUT2D eigenvalue weighted by atomic mass is 32.2. The number of rotatable bonds is 7. The summed E-state index contributed by atoms with van der Waals surface area (Å²) in [5.74, 6) is -2.87. The summed E-state index contributed by atoms with van der Waals surface area (Å²) in [5, 5.41) is 9.31. The van der Waals surface area contributed by atoms with Gasteiger partial charge >= 0.3 is 5.97 Å². The second-order valence-electron chi connectivity index (χ2n) is 5.96. The van der Waals surface area contributed by atoms with Gasteiger partial charge in [-0.1, -0.05) is 20.8 Å². The molecule has 0 aliphatic rings. The third kappa shape index (κ3) is 5.55. The van der Waals surface area contributed by atoms with Gasteiger partial charge in [-0.05, 0) is 37.9 Å². The van der Waals surface area contributed by atoms with Crippen molar-refractivity contribution in [2.45, 2.75) is 64.6 Å². The summed E-state index contributed by atoms with van der Waals surface area (Å²) in [6, 6.07) is 0. The lowest BCUT2D eigenvalue weighted by Gasteiger charge is -2.37. The summed E-state index contributed by atoms with van der Waals surface area (Å²) < 4.78 is 24.3. The van der Waals surface area contributed by atoms with Gasteiger partial charge in [0.2, 0.25) is 5.92 Å². The fourth-order valence-corrected chi connectivity index (χ4v) is 2.73. The first kappa shape index (κ1) is 17.7. The molecule has 108 valence electrons. The SMILES string of the molecule is CC(F)(F)CCCCSC(C)(C(=O)O)C(C)(C)C. The molecular formula is C13H24F2O2S. The van der Waals surface area contributed by atoms with Crippen molar-refractivity contribution in [1.29, 1.82) is 0 Å². The Labute approximate surface area is 113 Å². The largest absolute Gasteiger partial charge is 0.480 e. The van der Waals surface area contributed by atoms with Gasteiger partial charge in [0.05, 0.1) is 0 Å². The van der Waals surface area contributed by atoms with Crippen LogP contribution in [0.4, 0.5) is 8.78 Å². The second-order valence-corrected chi connectivity index (χ2v) is 7.48. The summed E-state index contributed by atoms with van der Waals surface area (Å²) in [6.07, 6.45) is 0.913. The number of hydrogen-bond acceptors (Lipinski definition) is 2. The molecule has 0 aromatic rings. The van der Waals surface area contributed by atoms with Gasteiger partial charge in [0.25, 0.3) is 0 Å². The monoisotopic (exact) mass is 282 g/mol. The number of alkyl halides is 2. The molecule has 18 heavy (non-hydrogen) atoms. The molecule has 2 nitrogen and oxygen atoms in total. The Bertz CT molecular complexity index is 282. The molecule has 0 saturated heterocycles. The molecule has 1 unspecified atom stereocenters. The normalized spacial score (nSPS) is 16.4. The molecule has 0 saturated carbocycles.